The normalized spacial score (nSPS) is 26.4. The number of carbonyl (C=O) groups is 1. The molecule has 3 heteroatoms. The predicted molar refractivity (Wildman–Crippen MR) is 83.1 cm³/mol. The van der Waals surface area contributed by atoms with Gasteiger partial charge in [-0.1, -0.05) is 12.1 Å². The van der Waals surface area contributed by atoms with Crippen molar-refractivity contribution in [3.63, 3.8) is 0 Å². The summed E-state index contributed by atoms with van der Waals surface area (Å²) in [6.07, 6.45) is 3.89. The number of anilines is 1. The Morgan fingerprint density at radius 2 is 1.90 bits per heavy atom. The molecule has 1 heterocycles. The molecule has 2 atom stereocenters. The van der Waals surface area contributed by atoms with Crippen molar-refractivity contribution in [1.29, 1.82) is 0 Å². The van der Waals surface area contributed by atoms with Crippen molar-refractivity contribution in [2.24, 2.45) is 0 Å². The fourth-order valence-electron chi connectivity index (χ4n) is 3.26. The van der Waals surface area contributed by atoms with Crippen LogP contribution in [-0.4, -0.2) is 43.4 Å². The largest absolute Gasteiger partial charge is 0.368 e. The standard InChI is InChI=1S/C17H22N2O/c1-12-9-19(10-13(2)18(12)3)16-7-6-14-4-5-15(11-20)17(14)8-16/h5-8,11-13H,4,9-10H2,1-3H3/t12-,13+. The van der Waals surface area contributed by atoms with Gasteiger partial charge in [0, 0.05) is 36.4 Å². The molecule has 1 aromatic rings. The third-order valence-electron chi connectivity index (χ3n) is 4.80. The Labute approximate surface area is 120 Å². The van der Waals surface area contributed by atoms with E-state index in [2.05, 4.69) is 48.9 Å². The number of nitrogens with zero attached hydrogens (tertiary/aromatic N) is 2. The van der Waals surface area contributed by atoms with Gasteiger partial charge in [0.05, 0.1) is 0 Å². The van der Waals surface area contributed by atoms with Gasteiger partial charge in [-0.05, 0) is 50.6 Å². The first-order chi connectivity index (χ1) is 9.60. The average molecular weight is 270 g/mol. The van der Waals surface area contributed by atoms with Crippen LogP contribution in [0, 0.1) is 0 Å². The first kappa shape index (κ1) is 13.4. The SMILES string of the molecule is C[C@@H]1CN(c2ccc3c(c2)C(C=O)=CC3)C[C@H](C)N1C. The lowest BCUT2D eigenvalue weighted by Gasteiger charge is -2.43. The predicted octanol–water partition coefficient (Wildman–Crippen LogP) is 2.35. The van der Waals surface area contributed by atoms with Gasteiger partial charge >= 0.3 is 0 Å². The number of piperazine rings is 1. The number of benzene rings is 1. The summed E-state index contributed by atoms with van der Waals surface area (Å²) >= 11 is 0. The molecule has 0 aromatic heterocycles. The lowest BCUT2D eigenvalue weighted by atomic mass is 10.0. The van der Waals surface area contributed by atoms with Gasteiger partial charge in [-0.3, -0.25) is 9.69 Å². The molecule has 0 bridgehead atoms. The topological polar surface area (TPSA) is 23.6 Å². The molecule has 106 valence electrons. The summed E-state index contributed by atoms with van der Waals surface area (Å²) in [5.41, 5.74) is 4.48. The van der Waals surface area contributed by atoms with Gasteiger partial charge in [0.2, 0.25) is 0 Å². The molecular weight excluding hydrogens is 248 g/mol. The molecule has 2 aliphatic rings. The summed E-state index contributed by atoms with van der Waals surface area (Å²) in [6.45, 7) is 6.62. The van der Waals surface area contributed by atoms with Gasteiger partial charge in [-0.25, -0.2) is 0 Å². The van der Waals surface area contributed by atoms with Gasteiger partial charge in [0.1, 0.15) is 6.29 Å². The van der Waals surface area contributed by atoms with E-state index >= 15 is 0 Å². The van der Waals surface area contributed by atoms with E-state index in [0.29, 0.717) is 12.1 Å². The maximum atomic E-state index is 11.1. The highest BCUT2D eigenvalue weighted by atomic mass is 16.1. The van der Waals surface area contributed by atoms with Crippen LogP contribution in [0.4, 0.5) is 5.69 Å². The average Bonchev–Trinajstić information content (AvgIpc) is 2.86. The molecule has 0 saturated carbocycles. The van der Waals surface area contributed by atoms with Crippen LogP contribution in [0.25, 0.3) is 5.57 Å². The van der Waals surface area contributed by atoms with E-state index in [9.17, 15) is 4.79 Å². The molecule has 1 aliphatic heterocycles. The number of fused-ring (bicyclic) bond motifs is 1. The van der Waals surface area contributed by atoms with Crippen LogP contribution in [0.1, 0.15) is 25.0 Å². The Kier molecular flexibility index (Phi) is 3.38. The minimum absolute atomic E-state index is 0.549. The molecule has 3 nitrogen and oxygen atoms in total. The lowest BCUT2D eigenvalue weighted by molar-refractivity contribution is -0.103. The molecule has 1 aromatic carbocycles. The molecule has 0 N–H and O–H groups in total. The number of rotatable bonds is 2. The van der Waals surface area contributed by atoms with E-state index in [1.165, 1.54) is 11.3 Å². The maximum absolute atomic E-state index is 11.1. The van der Waals surface area contributed by atoms with E-state index in [0.717, 1.165) is 36.9 Å². The minimum atomic E-state index is 0.549. The van der Waals surface area contributed by atoms with E-state index in [1.54, 1.807) is 0 Å². The fraction of sp³-hybridized carbons (Fsp3) is 0.471. The highest BCUT2D eigenvalue weighted by Gasteiger charge is 2.27. The maximum Gasteiger partial charge on any atom is 0.150 e. The Hall–Kier alpha value is -1.61. The molecule has 1 saturated heterocycles. The van der Waals surface area contributed by atoms with Crippen LogP contribution >= 0.6 is 0 Å². The minimum Gasteiger partial charge on any atom is -0.368 e. The zero-order valence-electron chi connectivity index (χ0n) is 12.5. The number of hydrogen-bond acceptors (Lipinski definition) is 3. The van der Waals surface area contributed by atoms with Crippen molar-refractivity contribution in [2.45, 2.75) is 32.4 Å². The van der Waals surface area contributed by atoms with E-state index < -0.39 is 0 Å². The molecule has 0 spiro atoms. The molecule has 1 aliphatic carbocycles. The summed E-state index contributed by atoms with van der Waals surface area (Å²) < 4.78 is 0. The second-order valence-electron chi connectivity index (χ2n) is 6.09. The Morgan fingerprint density at radius 3 is 2.55 bits per heavy atom. The van der Waals surface area contributed by atoms with Crippen LogP contribution in [0.5, 0.6) is 0 Å². The van der Waals surface area contributed by atoms with Crippen molar-refractivity contribution in [1.82, 2.24) is 4.90 Å². The van der Waals surface area contributed by atoms with Crippen molar-refractivity contribution in [3.8, 4) is 0 Å². The van der Waals surface area contributed by atoms with Crippen molar-refractivity contribution in [3.05, 3.63) is 35.4 Å². The second kappa shape index (κ2) is 5.06. The van der Waals surface area contributed by atoms with Crippen LogP contribution < -0.4 is 4.90 Å². The number of likely N-dealkylation sites (N-methyl/N-ethyl adjacent to an activating group) is 1. The van der Waals surface area contributed by atoms with Crippen LogP contribution in [0.15, 0.2) is 24.3 Å². The number of hydrogen-bond donors (Lipinski definition) is 0. The molecule has 3 rings (SSSR count). The van der Waals surface area contributed by atoms with Gasteiger partial charge < -0.3 is 4.90 Å². The summed E-state index contributed by atoms with van der Waals surface area (Å²) in [6, 6.07) is 7.66. The summed E-state index contributed by atoms with van der Waals surface area (Å²) in [5.74, 6) is 0. The third kappa shape index (κ3) is 2.16. The molecule has 20 heavy (non-hydrogen) atoms. The van der Waals surface area contributed by atoms with Crippen LogP contribution in [0.3, 0.4) is 0 Å². The lowest BCUT2D eigenvalue weighted by Crippen LogP contribution is -2.55. The number of aldehydes is 1. The van der Waals surface area contributed by atoms with E-state index in [1.807, 2.05) is 6.08 Å². The summed E-state index contributed by atoms with van der Waals surface area (Å²) in [5, 5.41) is 0. The van der Waals surface area contributed by atoms with E-state index in [-0.39, 0.29) is 0 Å². The Bertz CT molecular complexity index is 552. The first-order valence-corrected chi connectivity index (χ1v) is 7.35. The van der Waals surface area contributed by atoms with Gasteiger partial charge in [-0.2, -0.15) is 0 Å². The molecule has 0 amide bonds. The molecule has 0 radical (unpaired) electrons. The molecular formula is C17H22N2O. The van der Waals surface area contributed by atoms with Crippen molar-refractivity contribution < 1.29 is 4.79 Å². The fourth-order valence-corrected chi connectivity index (χ4v) is 3.26. The monoisotopic (exact) mass is 270 g/mol. The van der Waals surface area contributed by atoms with Crippen LogP contribution in [-0.2, 0) is 11.2 Å². The van der Waals surface area contributed by atoms with Gasteiger partial charge in [0.15, 0.2) is 0 Å². The highest BCUT2D eigenvalue weighted by molar-refractivity contribution is 6.09. The summed E-state index contributed by atoms with van der Waals surface area (Å²) in [7, 11) is 2.20. The van der Waals surface area contributed by atoms with Gasteiger partial charge in [-0.15, -0.1) is 0 Å². The third-order valence-corrected chi connectivity index (χ3v) is 4.80. The zero-order valence-corrected chi connectivity index (χ0v) is 12.5. The van der Waals surface area contributed by atoms with Crippen molar-refractivity contribution >= 4 is 17.5 Å². The first-order valence-electron chi connectivity index (χ1n) is 7.35. The highest BCUT2D eigenvalue weighted by Crippen LogP contribution is 2.31. The van der Waals surface area contributed by atoms with Gasteiger partial charge in [0.25, 0.3) is 0 Å². The Morgan fingerprint density at radius 1 is 1.20 bits per heavy atom. The second-order valence-corrected chi connectivity index (χ2v) is 6.09. The Balaban J connectivity index is 1.89. The zero-order chi connectivity index (χ0) is 14.3. The molecule has 0 unspecified atom stereocenters. The molecule has 1 fully saturated rings. The van der Waals surface area contributed by atoms with Crippen LogP contribution in [0.2, 0.25) is 0 Å². The number of allylic oxidation sites excluding steroid dienone is 2. The quantitative estimate of drug-likeness (QED) is 0.771. The van der Waals surface area contributed by atoms with E-state index in [4.69, 9.17) is 0 Å². The smallest absolute Gasteiger partial charge is 0.150 e. The summed E-state index contributed by atoms with van der Waals surface area (Å²) in [4.78, 5) is 16.0. The van der Waals surface area contributed by atoms with Crippen molar-refractivity contribution in [2.75, 3.05) is 25.0 Å². The number of carbonyl (C=O) groups excluding carboxylic acids is 1.